The third-order valence-corrected chi connectivity index (χ3v) is 3.65. The predicted octanol–water partition coefficient (Wildman–Crippen LogP) is 1.38. The minimum absolute atomic E-state index is 0.0406. The fourth-order valence-corrected chi connectivity index (χ4v) is 2.36. The Kier molecular flexibility index (Phi) is 5.38. The van der Waals surface area contributed by atoms with E-state index in [1.54, 1.807) is 0 Å². The van der Waals surface area contributed by atoms with Crippen LogP contribution in [-0.4, -0.2) is 54.3 Å². The van der Waals surface area contributed by atoms with Crippen LogP contribution >= 0.6 is 0 Å². The van der Waals surface area contributed by atoms with Gasteiger partial charge >= 0.3 is 5.97 Å². The second-order valence-corrected chi connectivity index (χ2v) is 5.38. The molecule has 0 saturated carbocycles. The predicted molar refractivity (Wildman–Crippen MR) is 80.0 cm³/mol. The quantitative estimate of drug-likeness (QED) is 0.889. The van der Waals surface area contributed by atoms with Crippen molar-refractivity contribution in [3.8, 4) is 5.75 Å². The van der Waals surface area contributed by atoms with Crippen molar-refractivity contribution in [2.24, 2.45) is 0 Å². The van der Waals surface area contributed by atoms with E-state index in [0.717, 1.165) is 16.9 Å². The van der Waals surface area contributed by atoms with Gasteiger partial charge < -0.3 is 19.5 Å². The van der Waals surface area contributed by atoms with Crippen molar-refractivity contribution >= 4 is 11.9 Å². The first-order valence-corrected chi connectivity index (χ1v) is 7.29. The first kappa shape index (κ1) is 16.3. The standard InChI is InChI=1S/C16H21NO5/c1-11-3-4-12(2)14(9-11)22-7-5-15(18)17-6-8-21-10-13(17)16(19)20/h3-4,9,13H,5-8,10H2,1-2H3,(H,19,20)/t13-/m0/s1. The van der Waals surface area contributed by atoms with Crippen LogP contribution in [0.3, 0.4) is 0 Å². The number of hydrogen-bond acceptors (Lipinski definition) is 4. The summed E-state index contributed by atoms with van der Waals surface area (Å²) in [4.78, 5) is 24.7. The molecule has 6 heteroatoms. The number of morpholine rings is 1. The number of carboxylic acids is 1. The van der Waals surface area contributed by atoms with Crippen LogP contribution in [0, 0.1) is 13.8 Å². The van der Waals surface area contributed by atoms with Gasteiger partial charge in [-0.3, -0.25) is 4.79 Å². The van der Waals surface area contributed by atoms with E-state index in [1.807, 2.05) is 32.0 Å². The minimum atomic E-state index is -1.04. The molecule has 1 aromatic rings. The number of hydrogen-bond donors (Lipinski definition) is 1. The highest BCUT2D eigenvalue weighted by molar-refractivity contribution is 5.84. The van der Waals surface area contributed by atoms with Gasteiger partial charge in [-0.05, 0) is 31.0 Å². The smallest absolute Gasteiger partial charge is 0.328 e. The van der Waals surface area contributed by atoms with Gasteiger partial charge in [-0.2, -0.15) is 0 Å². The van der Waals surface area contributed by atoms with Gasteiger partial charge in [0.25, 0.3) is 0 Å². The summed E-state index contributed by atoms with van der Waals surface area (Å²) in [5.74, 6) is -0.505. The summed E-state index contributed by atoms with van der Waals surface area (Å²) < 4.78 is 10.8. The maximum Gasteiger partial charge on any atom is 0.328 e. The SMILES string of the molecule is Cc1ccc(C)c(OCCC(=O)N2CCOC[C@H]2C(=O)O)c1. The molecule has 0 unspecified atom stereocenters. The summed E-state index contributed by atoms with van der Waals surface area (Å²) in [6.07, 6.45) is 0.150. The minimum Gasteiger partial charge on any atom is -0.493 e. The van der Waals surface area contributed by atoms with Gasteiger partial charge in [0.2, 0.25) is 5.91 Å². The highest BCUT2D eigenvalue weighted by Gasteiger charge is 2.32. The third kappa shape index (κ3) is 3.98. The number of ether oxygens (including phenoxy) is 2. The lowest BCUT2D eigenvalue weighted by molar-refractivity contribution is -0.158. The number of aryl methyl sites for hydroxylation is 2. The van der Waals surface area contributed by atoms with Crippen LogP contribution < -0.4 is 4.74 Å². The lowest BCUT2D eigenvalue weighted by Gasteiger charge is -2.32. The molecule has 2 rings (SSSR count). The molecule has 0 bridgehead atoms. The number of aliphatic carboxylic acids is 1. The highest BCUT2D eigenvalue weighted by atomic mass is 16.5. The molecule has 0 aliphatic carbocycles. The van der Waals surface area contributed by atoms with Gasteiger partial charge in [-0.1, -0.05) is 12.1 Å². The molecule has 1 fully saturated rings. The Labute approximate surface area is 129 Å². The van der Waals surface area contributed by atoms with Gasteiger partial charge in [-0.25, -0.2) is 4.79 Å². The Morgan fingerprint density at radius 1 is 1.41 bits per heavy atom. The summed E-state index contributed by atoms with van der Waals surface area (Å²) >= 11 is 0. The van der Waals surface area contributed by atoms with Crippen LogP contribution in [0.5, 0.6) is 5.75 Å². The van der Waals surface area contributed by atoms with Gasteiger partial charge in [0, 0.05) is 6.54 Å². The topological polar surface area (TPSA) is 76.1 Å². The highest BCUT2D eigenvalue weighted by Crippen LogP contribution is 2.19. The first-order chi connectivity index (χ1) is 10.5. The molecule has 120 valence electrons. The number of rotatable bonds is 5. The van der Waals surface area contributed by atoms with Crippen LogP contribution in [0.25, 0.3) is 0 Å². The maximum absolute atomic E-state index is 12.2. The molecule has 1 aliphatic heterocycles. The molecular formula is C16H21NO5. The second kappa shape index (κ2) is 7.26. The average molecular weight is 307 g/mol. The van der Waals surface area contributed by atoms with E-state index in [4.69, 9.17) is 14.6 Å². The molecule has 22 heavy (non-hydrogen) atoms. The Morgan fingerprint density at radius 3 is 2.91 bits per heavy atom. The monoisotopic (exact) mass is 307 g/mol. The Balaban J connectivity index is 1.89. The van der Waals surface area contributed by atoms with Gasteiger partial charge in [0.05, 0.1) is 26.2 Å². The molecule has 1 N–H and O–H groups in total. The lowest BCUT2D eigenvalue weighted by Crippen LogP contribution is -2.52. The second-order valence-electron chi connectivity index (χ2n) is 5.38. The Morgan fingerprint density at radius 2 is 2.18 bits per heavy atom. The van der Waals surface area contributed by atoms with Gasteiger partial charge in [0.15, 0.2) is 6.04 Å². The van der Waals surface area contributed by atoms with Gasteiger partial charge in [0.1, 0.15) is 5.75 Å². The van der Waals surface area contributed by atoms with Gasteiger partial charge in [-0.15, -0.1) is 0 Å². The summed E-state index contributed by atoms with van der Waals surface area (Å²) in [5.41, 5.74) is 2.10. The molecule has 0 radical (unpaired) electrons. The van der Waals surface area contributed by atoms with Crippen molar-refractivity contribution in [1.29, 1.82) is 0 Å². The van der Waals surface area contributed by atoms with E-state index in [1.165, 1.54) is 4.90 Å². The molecule has 1 aliphatic rings. The summed E-state index contributed by atoms with van der Waals surface area (Å²) in [6.45, 7) is 4.86. The molecular weight excluding hydrogens is 286 g/mol. The number of carboxylic acid groups (broad SMARTS) is 1. The van der Waals surface area contributed by atoms with E-state index < -0.39 is 12.0 Å². The van der Waals surface area contributed by atoms with Crippen molar-refractivity contribution in [3.05, 3.63) is 29.3 Å². The molecule has 0 spiro atoms. The van der Waals surface area contributed by atoms with E-state index in [0.29, 0.717) is 13.2 Å². The molecule has 1 saturated heterocycles. The Hall–Kier alpha value is -2.08. The van der Waals surface area contributed by atoms with Crippen molar-refractivity contribution in [2.45, 2.75) is 26.3 Å². The fourth-order valence-electron chi connectivity index (χ4n) is 2.36. The normalized spacial score (nSPS) is 18.1. The van der Waals surface area contributed by atoms with Crippen molar-refractivity contribution in [1.82, 2.24) is 4.90 Å². The number of amides is 1. The molecule has 1 atom stereocenters. The molecule has 6 nitrogen and oxygen atoms in total. The number of benzene rings is 1. The zero-order valence-electron chi connectivity index (χ0n) is 12.9. The van der Waals surface area contributed by atoms with E-state index in [9.17, 15) is 9.59 Å². The number of carbonyl (C=O) groups is 2. The largest absolute Gasteiger partial charge is 0.493 e. The summed E-state index contributed by atoms with van der Waals surface area (Å²) in [7, 11) is 0. The zero-order chi connectivity index (χ0) is 16.1. The molecule has 1 heterocycles. The number of nitrogens with zero attached hydrogens (tertiary/aromatic N) is 1. The van der Waals surface area contributed by atoms with Crippen molar-refractivity contribution in [3.63, 3.8) is 0 Å². The summed E-state index contributed by atoms with van der Waals surface area (Å²) in [5, 5.41) is 9.12. The van der Waals surface area contributed by atoms with Crippen LogP contribution in [0.15, 0.2) is 18.2 Å². The lowest BCUT2D eigenvalue weighted by atomic mass is 10.1. The van der Waals surface area contributed by atoms with Crippen molar-refractivity contribution in [2.75, 3.05) is 26.4 Å². The molecule has 0 aromatic heterocycles. The van der Waals surface area contributed by atoms with E-state index in [2.05, 4.69) is 0 Å². The molecule has 1 aromatic carbocycles. The van der Waals surface area contributed by atoms with Crippen LogP contribution in [-0.2, 0) is 14.3 Å². The average Bonchev–Trinajstić information content (AvgIpc) is 2.50. The number of carbonyl (C=O) groups excluding carboxylic acids is 1. The fraction of sp³-hybridized carbons (Fsp3) is 0.500. The van der Waals surface area contributed by atoms with E-state index >= 15 is 0 Å². The molecule has 1 amide bonds. The van der Waals surface area contributed by atoms with Crippen LogP contribution in [0.1, 0.15) is 17.5 Å². The maximum atomic E-state index is 12.2. The van der Waals surface area contributed by atoms with Crippen molar-refractivity contribution < 1.29 is 24.2 Å². The van der Waals surface area contributed by atoms with Crippen LogP contribution in [0.2, 0.25) is 0 Å². The first-order valence-electron chi connectivity index (χ1n) is 7.29. The third-order valence-electron chi connectivity index (χ3n) is 3.65. The summed E-state index contributed by atoms with van der Waals surface area (Å²) in [6, 6.07) is 4.99. The van der Waals surface area contributed by atoms with Crippen LogP contribution in [0.4, 0.5) is 0 Å². The Bertz CT molecular complexity index is 557. The zero-order valence-corrected chi connectivity index (χ0v) is 12.9. The van der Waals surface area contributed by atoms with E-state index in [-0.39, 0.29) is 25.5 Å².